The Morgan fingerprint density at radius 2 is 1.45 bits per heavy atom. The molecule has 0 heterocycles. The summed E-state index contributed by atoms with van der Waals surface area (Å²) >= 11 is 0. The molecule has 0 aliphatic heterocycles. The maximum absolute atomic E-state index is 5.12. The van der Waals surface area contributed by atoms with Crippen LogP contribution in [0.5, 0.6) is 0 Å². The van der Waals surface area contributed by atoms with Gasteiger partial charge in [-0.2, -0.15) is 0 Å². The van der Waals surface area contributed by atoms with E-state index in [0.29, 0.717) is 13.4 Å². The predicted molar refractivity (Wildman–Crippen MR) is 43.6 cm³/mol. The summed E-state index contributed by atoms with van der Waals surface area (Å²) in [5, 5.41) is 0. The largest absolute Gasteiger partial charge is 0.382 e. The first kappa shape index (κ1) is 10.9. The van der Waals surface area contributed by atoms with Crippen LogP contribution in [0.1, 0.15) is 20.3 Å². The molecule has 0 aliphatic rings. The van der Waals surface area contributed by atoms with E-state index >= 15 is 0 Å². The van der Waals surface area contributed by atoms with E-state index < -0.39 is 0 Å². The Morgan fingerprint density at radius 1 is 0.818 bits per heavy atom. The minimum atomic E-state index is 0.405. The van der Waals surface area contributed by atoms with Crippen molar-refractivity contribution in [1.82, 2.24) is 0 Å². The number of ether oxygens (including phenoxy) is 3. The molecule has 68 valence electrons. The molecule has 0 bridgehead atoms. The van der Waals surface area contributed by atoms with Crippen LogP contribution in [-0.2, 0) is 14.2 Å². The Hall–Kier alpha value is -0.120. The molecule has 0 radical (unpaired) electrons. The van der Waals surface area contributed by atoms with Crippen LogP contribution in [-0.4, -0.2) is 33.2 Å². The van der Waals surface area contributed by atoms with Gasteiger partial charge in [0, 0.05) is 19.8 Å². The average Bonchev–Trinajstić information content (AvgIpc) is 2.03. The van der Waals surface area contributed by atoms with Gasteiger partial charge in [-0.3, -0.25) is 0 Å². The maximum atomic E-state index is 5.12. The number of hydrogen-bond acceptors (Lipinski definition) is 3. The zero-order valence-electron chi connectivity index (χ0n) is 7.47. The van der Waals surface area contributed by atoms with Crippen LogP contribution in [0.4, 0.5) is 0 Å². The van der Waals surface area contributed by atoms with Gasteiger partial charge in [-0.05, 0) is 20.3 Å². The van der Waals surface area contributed by atoms with Crippen molar-refractivity contribution in [2.75, 3.05) is 33.2 Å². The molecule has 0 saturated heterocycles. The van der Waals surface area contributed by atoms with Gasteiger partial charge in [0.25, 0.3) is 0 Å². The van der Waals surface area contributed by atoms with Gasteiger partial charge in [-0.25, -0.2) is 0 Å². The molecule has 11 heavy (non-hydrogen) atoms. The molecule has 0 rings (SSSR count). The van der Waals surface area contributed by atoms with Gasteiger partial charge < -0.3 is 14.2 Å². The van der Waals surface area contributed by atoms with E-state index in [9.17, 15) is 0 Å². The van der Waals surface area contributed by atoms with Crippen molar-refractivity contribution in [3.8, 4) is 0 Å². The lowest BCUT2D eigenvalue weighted by molar-refractivity contribution is -0.0538. The molecule has 0 atom stereocenters. The van der Waals surface area contributed by atoms with E-state index in [2.05, 4.69) is 0 Å². The summed E-state index contributed by atoms with van der Waals surface area (Å²) in [4.78, 5) is 0. The van der Waals surface area contributed by atoms with Crippen LogP contribution in [0.2, 0.25) is 0 Å². The van der Waals surface area contributed by atoms with Gasteiger partial charge in [-0.1, -0.05) is 0 Å². The van der Waals surface area contributed by atoms with Gasteiger partial charge in [0.05, 0.1) is 6.61 Å². The molecule has 0 fully saturated rings. The van der Waals surface area contributed by atoms with Crippen LogP contribution in [0, 0.1) is 0 Å². The van der Waals surface area contributed by atoms with E-state index in [0.717, 1.165) is 26.2 Å². The van der Waals surface area contributed by atoms with Crippen molar-refractivity contribution < 1.29 is 14.2 Å². The molecule has 0 spiro atoms. The van der Waals surface area contributed by atoms with Crippen molar-refractivity contribution in [2.24, 2.45) is 0 Å². The van der Waals surface area contributed by atoms with E-state index in [1.165, 1.54) is 0 Å². The second-order valence-corrected chi connectivity index (χ2v) is 2.07. The lowest BCUT2D eigenvalue weighted by Crippen LogP contribution is -2.04. The monoisotopic (exact) mass is 162 g/mol. The van der Waals surface area contributed by atoms with E-state index in [-0.39, 0.29) is 0 Å². The van der Waals surface area contributed by atoms with Crippen molar-refractivity contribution in [3.63, 3.8) is 0 Å². The fraction of sp³-hybridized carbons (Fsp3) is 1.00. The number of rotatable bonds is 8. The van der Waals surface area contributed by atoms with Crippen LogP contribution in [0.15, 0.2) is 0 Å². The third kappa shape index (κ3) is 9.88. The molecule has 3 nitrogen and oxygen atoms in total. The van der Waals surface area contributed by atoms with E-state index in [1.54, 1.807) is 0 Å². The molecule has 0 saturated carbocycles. The van der Waals surface area contributed by atoms with Crippen LogP contribution >= 0.6 is 0 Å². The normalized spacial score (nSPS) is 10.4. The van der Waals surface area contributed by atoms with Crippen LogP contribution in [0.25, 0.3) is 0 Å². The molecule has 0 unspecified atom stereocenters. The van der Waals surface area contributed by atoms with Gasteiger partial charge in [-0.15, -0.1) is 0 Å². The second kappa shape index (κ2) is 9.88. The summed E-state index contributed by atoms with van der Waals surface area (Å²) in [5.74, 6) is 0. The average molecular weight is 162 g/mol. The smallest absolute Gasteiger partial charge is 0.146 e. The third-order valence-electron chi connectivity index (χ3n) is 1.15. The fourth-order valence-electron chi connectivity index (χ4n) is 0.609. The quantitative estimate of drug-likeness (QED) is 0.399. The fourth-order valence-corrected chi connectivity index (χ4v) is 0.609. The zero-order valence-corrected chi connectivity index (χ0v) is 7.47. The standard InChI is InChI=1S/C8H18O3/c1-3-9-6-5-7-11-8-10-4-2/h3-8H2,1-2H3. The minimum Gasteiger partial charge on any atom is -0.382 e. The topological polar surface area (TPSA) is 27.7 Å². The van der Waals surface area contributed by atoms with Gasteiger partial charge >= 0.3 is 0 Å². The van der Waals surface area contributed by atoms with Crippen LogP contribution in [0.3, 0.4) is 0 Å². The summed E-state index contributed by atoms with van der Waals surface area (Å²) in [5.41, 5.74) is 0. The first-order valence-electron chi connectivity index (χ1n) is 4.15. The Kier molecular flexibility index (Phi) is 9.77. The van der Waals surface area contributed by atoms with Crippen LogP contribution < -0.4 is 0 Å². The lowest BCUT2D eigenvalue weighted by atomic mass is 10.5. The Labute approximate surface area is 68.6 Å². The second-order valence-electron chi connectivity index (χ2n) is 2.07. The predicted octanol–water partition coefficient (Wildman–Crippen LogP) is 1.42. The SMILES string of the molecule is CCOCCCOCOCC. The summed E-state index contributed by atoms with van der Waals surface area (Å²) in [6.07, 6.45) is 0.945. The highest BCUT2D eigenvalue weighted by Crippen LogP contribution is 1.85. The molecular formula is C8H18O3. The molecule has 3 heteroatoms. The van der Waals surface area contributed by atoms with E-state index in [4.69, 9.17) is 14.2 Å². The van der Waals surface area contributed by atoms with Crippen molar-refractivity contribution in [1.29, 1.82) is 0 Å². The summed E-state index contributed by atoms with van der Waals surface area (Å²) in [7, 11) is 0. The Bertz CT molecular complexity index is 58.4. The molecule has 0 amide bonds. The third-order valence-corrected chi connectivity index (χ3v) is 1.15. The summed E-state index contributed by atoms with van der Waals surface area (Å²) in [6.45, 7) is 7.34. The molecule has 0 aromatic carbocycles. The lowest BCUT2D eigenvalue weighted by Gasteiger charge is -2.03. The molecular weight excluding hydrogens is 144 g/mol. The zero-order chi connectivity index (χ0) is 8.36. The minimum absolute atomic E-state index is 0.405. The van der Waals surface area contributed by atoms with Gasteiger partial charge in [0.1, 0.15) is 6.79 Å². The highest BCUT2D eigenvalue weighted by atomic mass is 16.7. The highest BCUT2D eigenvalue weighted by Gasteiger charge is 1.87. The summed E-state index contributed by atoms with van der Waals surface area (Å²) in [6, 6.07) is 0. The van der Waals surface area contributed by atoms with E-state index in [1.807, 2.05) is 13.8 Å². The first-order valence-corrected chi connectivity index (χ1v) is 4.15. The summed E-state index contributed by atoms with van der Waals surface area (Å²) < 4.78 is 15.2. The molecule has 0 aromatic rings. The van der Waals surface area contributed by atoms with Crippen molar-refractivity contribution in [3.05, 3.63) is 0 Å². The van der Waals surface area contributed by atoms with Crippen molar-refractivity contribution in [2.45, 2.75) is 20.3 Å². The molecule has 0 aromatic heterocycles. The van der Waals surface area contributed by atoms with Gasteiger partial charge in [0.2, 0.25) is 0 Å². The number of hydrogen-bond donors (Lipinski definition) is 0. The highest BCUT2D eigenvalue weighted by molar-refractivity contribution is 4.31. The maximum Gasteiger partial charge on any atom is 0.146 e. The Balaban J connectivity index is 2.69. The molecule has 0 aliphatic carbocycles. The van der Waals surface area contributed by atoms with Gasteiger partial charge in [0.15, 0.2) is 0 Å². The molecule has 0 N–H and O–H groups in total. The Morgan fingerprint density at radius 3 is 2.09 bits per heavy atom. The first-order chi connectivity index (χ1) is 5.41. The van der Waals surface area contributed by atoms with Crippen molar-refractivity contribution >= 4 is 0 Å².